The highest BCUT2D eigenvalue weighted by atomic mass is 32.2. The normalized spacial score (nSPS) is 10.8. The summed E-state index contributed by atoms with van der Waals surface area (Å²) in [5.41, 5.74) is 1.33. The molecule has 0 aliphatic carbocycles. The number of hydrogen-bond donors (Lipinski definition) is 2. The first-order chi connectivity index (χ1) is 12.4. The molecule has 0 unspecified atom stereocenters. The molecule has 0 aliphatic rings. The van der Waals surface area contributed by atoms with Crippen LogP contribution in [0, 0.1) is 19.3 Å². The smallest absolute Gasteiger partial charge is 0.251 e. The van der Waals surface area contributed by atoms with E-state index in [1.54, 1.807) is 0 Å². The highest BCUT2D eigenvalue weighted by Gasteiger charge is 2.15. The number of carbonyl (C=O) groups excluding carboxylic acids is 1. The molecular formula is C19H20N2O4S. The molecule has 6 nitrogen and oxygen atoms in total. The van der Waals surface area contributed by atoms with Gasteiger partial charge in [0.2, 0.25) is 10.0 Å². The fraction of sp³-hybridized carbons (Fsp3) is 0.211. The summed E-state index contributed by atoms with van der Waals surface area (Å²) in [5, 5.41) is 2.69. The second-order valence-electron chi connectivity index (χ2n) is 5.48. The van der Waals surface area contributed by atoms with Crippen molar-refractivity contribution in [3.8, 4) is 18.1 Å². The van der Waals surface area contributed by atoms with Crippen LogP contribution in [0.4, 0.5) is 0 Å². The van der Waals surface area contributed by atoms with Gasteiger partial charge in [-0.25, -0.2) is 8.42 Å². The van der Waals surface area contributed by atoms with E-state index in [0.29, 0.717) is 13.2 Å². The van der Waals surface area contributed by atoms with Crippen LogP contribution in [-0.4, -0.2) is 34.0 Å². The van der Waals surface area contributed by atoms with Crippen molar-refractivity contribution < 1.29 is 17.9 Å². The zero-order chi connectivity index (χ0) is 19.0. The third kappa shape index (κ3) is 5.62. The van der Waals surface area contributed by atoms with Crippen molar-refractivity contribution in [2.24, 2.45) is 0 Å². The minimum Gasteiger partial charge on any atom is -0.492 e. The summed E-state index contributed by atoms with van der Waals surface area (Å²) in [6.07, 6.45) is 5.06. The Morgan fingerprint density at radius 1 is 1.19 bits per heavy atom. The monoisotopic (exact) mass is 372 g/mol. The number of carbonyl (C=O) groups is 1. The summed E-state index contributed by atoms with van der Waals surface area (Å²) in [6.45, 7) is 2.44. The van der Waals surface area contributed by atoms with Crippen molar-refractivity contribution in [2.45, 2.75) is 11.8 Å². The zero-order valence-corrected chi connectivity index (χ0v) is 15.2. The number of hydrogen-bond acceptors (Lipinski definition) is 4. The molecule has 136 valence electrons. The number of amides is 1. The predicted molar refractivity (Wildman–Crippen MR) is 99.5 cm³/mol. The van der Waals surface area contributed by atoms with Crippen LogP contribution in [0.25, 0.3) is 0 Å². The molecule has 7 heteroatoms. The second-order valence-corrected chi connectivity index (χ2v) is 7.24. The molecule has 0 fully saturated rings. The van der Waals surface area contributed by atoms with Crippen molar-refractivity contribution in [3.63, 3.8) is 0 Å². The molecule has 2 N–H and O–H groups in total. The van der Waals surface area contributed by atoms with E-state index in [1.807, 2.05) is 31.2 Å². The molecule has 0 radical (unpaired) electrons. The average Bonchev–Trinajstić information content (AvgIpc) is 2.63. The molecule has 2 aromatic carbocycles. The van der Waals surface area contributed by atoms with Crippen molar-refractivity contribution in [1.82, 2.24) is 10.0 Å². The van der Waals surface area contributed by atoms with Gasteiger partial charge in [0.15, 0.2) is 0 Å². The maximum Gasteiger partial charge on any atom is 0.251 e. The highest BCUT2D eigenvalue weighted by Crippen LogP contribution is 2.13. The average molecular weight is 372 g/mol. The van der Waals surface area contributed by atoms with E-state index < -0.39 is 10.0 Å². The van der Waals surface area contributed by atoms with Crippen LogP contribution in [-0.2, 0) is 10.0 Å². The minimum absolute atomic E-state index is 0.0172. The van der Waals surface area contributed by atoms with E-state index in [2.05, 4.69) is 16.0 Å². The van der Waals surface area contributed by atoms with Crippen LogP contribution in [0.2, 0.25) is 0 Å². The molecule has 0 saturated carbocycles. The number of rotatable bonds is 8. The molecular weight excluding hydrogens is 352 g/mol. The molecule has 0 saturated heterocycles. The molecule has 0 heterocycles. The Balaban J connectivity index is 1.91. The third-order valence-electron chi connectivity index (χ3n) is 3.42. The molecule has 26 heavy (non-hydrogen) atoms. The number of terminal acetylenes is 1. The van der Waals surface area contributed by atoms with Gasteiger partial charge in [-0.2, -0.15) is 4.72 Å². The Hall–Kier alpha value is -2.82. The summed E-state index contributed by atoms with van der Waals surface area (Å²) in [6, 6.07) is 13.3. The summed E-state index contributed by atoms with van der Waals surface area (Å²) < 4.78 is 31.9. The number of sulfonamides is 1. The van der Waals surface area contributed by atoms with Gasteiger partial charge in [0.1, 0.15) is 12.4 Å². The summed E-state index contributed by atoms with van der Waals surface area (Å²) in [7, 11) is -3.74. The Morgan fingerprint density at radius 2 is 1.96 bits per heavy atom. The predicted octanol–water partition coefficient (Wildman–Crippen LogP) is 1.72. The Kier molecular flexibility index (Phi) is 6.78. The number of benzene rings is 2. The topological polar surface area (TPSA) is 84.5 Å². The maximum absolute atomic E-state index is 12.2. The van der Waals surface area contributed by atoms with Gasteiger partial charge in [-0.1, -0.05) is 24.1 Å². The lowest BCUT2D eigenvalue weighted by Crippen LogP contribution is -2.29. The van der Waals surface area contributed by atoms with Gasteiger partial charge < -0.3 is 10.1 Å². The first-order valence-corrected chi connectivity index (χ1v) is 9.41. The molecule has 2 rings (SSSR count). The lowest BCUT2D eigenvalue weighted by atomic mass is 10.2. The van der Waals surface area contributed by atoms with Gasteiger partial charge in [-0.15, -0.1) is 6.42 Å². The Morgan fingerprint density at radius 3 is 2.69 bits per heavy atom. The van der Waals surface area contributed by atoms with Crippen molar-refractivity contribution >= 4 is 15.9 Å². The largest absolute Gasteiger partial charge is 0.492 e. The number of ether oxygens (including phenoxy) is 1. The molecule has 0 atom stereocenters. The lowest BCUT2D eigenvalue weighted by Gasteiger charge is -2.09. The molecule has 0 bridgehead atoms. The quantitative estimate of drug-likeness (QED) is 0.546. The van der Waals surface area contributed by atoms with Gasteiger partial charge in [0.05, 0.1) is 18.0 Å². The zero-order valence-electron chi connectivity index (χ0n) is 14.4. The van der Waals surface area contributed by atoms with E-state index in [0.717, 1.165) is 11.3 Å². The van der Waals surface area contributed by atoms with E-state index in [-0.39, 0.29) is 22.9 Å². The summed E-state index contributed by atoms with van der Waals surface area (Å²) in [5.74, 6) is 2.54. The van der Waals surface area contributed by atoms with E-state index in [9.17, 15) is 13.2 Å². The highest BCUT2D eigenvalue weighted by molar-refractivity contribution is 7.89. The van der Waals surface area contributed by atoms with Gasteiger partial charge >= 0.3 is 0 Å². The summed E-state index contributed by atoms with van der Waals surface area (Å²) in [4.78, 5) is 12.2. The molecule has 0 spiro atoms. The first-order valence-electron chi connectivity index (χ1n) is 7.93. The lowest BCUT2D eigenvalue weighted by molar-refractivity contribution is 0.0946. The second kappa shape index (κ2) is 9.04. The van der Waals surface area contributed by atoms with E-state index in [4.69, 9.17) is 11.2 Å². The van der Waals surface area contributed by atoms with Crippen LogP contribution < -0.4 is 14.8 Å². The van der Waals surface area contributed by atoms with Gasteiger partial charge in [0, 0.05) is 5.56 Å². The third-order valence-corrected chi connectivity index (χ3v) is 4.82. The van der Waals surface area contributed by atoms with Crippen LogP contribution in [0.15, 0.2) is 53.4 Å². The van der Waals surface area contributed by atoms with Crippen molar-refractivity contribution in [3.05, 3.63) is 59.7 Å². The molecule has 2 aromatic rings. The molecule has 0 aromatic heterocycles. The van der Waals surface area contributed by atoms with Crippen LogP contribution in [0.5, 0.6) is 5.75 Å². The minimum atomic E-state index is -3.74. The number of aryl methyl sites for hydroxylation is 1. The molecule has 0 aliphatic heterocycles. The standard InChI is InChI=1S/C19H20N2O4S/c1-3-10-21-26(23,24)18-9-5-7-16(14-18)19(22)20-11-12-25-17-8-4-6-15(2)13-17/h1,4-9,13-14,21H,10-12H2,2H3,(H,20,22). The van der Waals surface area contributed by atoms with Gasteiger partial charge in [0.25, 0.3) is 5.91 Å². The number of nitrogens with one attached hydrogen (secondary N) is 2. The van der Waals surface area contributed by atoms with Crippen molar-refractivity contribution in [2.75, 3.05) is 19.7 Å². The van der Waals surface area contributed by atoms with E-state index >= 15 is 0 Å². The van der Waals surface area contributed by atoms with Crippen molar-refractivity contribution in [1.29, 1.82) is 0 Å². The van der Waals surface area contributed by atoms with Crippen LogP contribution >= 0.6 is 0 Å². The summed E-state index contributed by atoms with van der Waals surface area (Å²) >= 11 is 0. The van der Waals surface area contributed by atoms with E-state index in [1.165, 1.54) is 24.3 Å². The SMILES string of the molecule is C#CCNS(=O)(=O)c1cccc(C(=O)NCCOc2cccc(C)c2)c1. The first kappa shape index (κ1) is 19.5. The Bertz CT molecular complexity index is 917. The van der Waals surface area contributed by atoms with Gasteiger partial charge in [-0.3, -0.25) is 4.79 Å². The fourth-order valence-corrected chi connectivity index (χ4v) is 3.14. The van der Waals surface area contributed by atoms with Crippen LogP contribution in [0.3, 0.4) is 0 Å². The fourth-order valence-electron chi connectivity index (χ4n) is 2.17. The maximum atomic E-state index is 12.2. The molecule has 1 amide bonds. The van der Waals surface area contributed by atoms with Crippen LogP contribution in [0.1, 0.15) is 15.9 Å². The van der Waals surface area contributed by atoms with Gasteiger partial charge in [-0.05, 0) is 42.8 Å². The Labute approximate surface area is 153 Å².